The molecule has 1 saturated heterocycles. The number of nitrogens with one attached hydrogen (secondary N) is 1. The van der Waals surface area contributed by atoms with Crippen molar-refractivity contribution >= 4 is 40.1 Å². The first-order valence-corrected chi connectivity index (χ1v) is 15.8. The number of carboxylic acid groups (broad SMARTS) is 2. The van der Waals surface area contributed by atoms with Crippen LogP contribution in [0, 0.1) is 0 Å². The van der Waals surface area contributed by atoms with Crippen LogP contribution in [0.2, 0.25) is 0 Å². The summed E-state index contributed by atoms with van der Waals surface area (Å²) in [7, 11) is 1.64. The largest absolute Gasteiger partial charge is 0.493 e. The quantitative estimate of drug-likeness (QED) is 0.0690. The van der Waals surface area contributed by atoms with E-state index >= 15 is 0 Å². The third-order valence-electron chi connectivity index (χ3n) is 7.55. The third kappa shape index (κ3) is 11.1. The zero-order valence-corrected chi connectivity index (χ0v) is 27.8. The van der Waals surface area contributed by atoms with Gasteiger partial charge in [0.1, 0.15) is 18.8 Å². The number of aliphatic hydroxyl groups is 2. The van der Waals surface area contributed by atoms with Gasteiger partial charge in [-0.15, -0.1) is 0 Å². The molecule has 15 nitrogen and oxygen atoms in total. The Bertz CT molecular complexity index is 1700. The van der Waals surface area contributed by atoms with E-state index in [2.05, 4.69) is 25.3 Å². The van der Waals surface area contributed by atoms with Crippen LogP contribution >= 0.6 is 0 Å². The summed E-state index contributed by atoms with van der Waals surface area (Å²) in [4.78, 5) is 36.4. The molecule has 0 unspecified atom stereocenters. The van der Waals surface area contributed by atoms with E-state index in [0.717, 1.165) is 72.7 Å². The maximum Gasteiger partial charge on any atom is 0.335 e. The van der Waals surface area contributed by atoms with Crippen LogP contribution in [0.5, 0.6) is 11.5 Å². The number of anilines is 2. The summed E-state index contributed by atoms with van der Waals surface area (Å²) >= 11 is 0. The second-order valence-corrected chi connectivity index (χ2v) is 11.1. The lowest BCUT2D eigenvalue weighted by Gasteiger charge is -2.26. The maximum absolute atomic E-state index is 9.77. The van der Waals surface area contributed by atoms with Crippen LogP contribution in [-0.4, -0.2) is 112 Å². The van der Waals surface area contributed by atoms with Crippen molar-refractivity contribution < 1.29 is 49.1 Å². The Hall–Kier alpha value is -5.35. The highest BCUT2D eigenvalue weighted by molar-refractivity contribution is 5.99. The van der Waals surface area contributed by atoms with Gasteiger partial charge < -0.3 is 44.8 Å². The molecule has 15 heteroatoms. The molecule has 3 aromatic carbocycles. The van der Waals surface area contributed by atoms with E-state index in [1.807, 2.05) is 73.7 Å². The number of hydrogen-bond acceptors (Lipinski definition) is 13. The Morgan fingerprint density at radius 1 is 0.960 bits per heavy atom. The van der Waals surface area contributed by atoms with Crippen molar-refractivity contribution in [3.63, 3.8) is 0 Å². The van der Waals surface area contributed by atoms with Crippen molar-refractivity contribution in [2.75, 3.05) is 51.9 Å². The Morgan fingerprint density at radius 3 is 2.28 bits per heavy atom. The van der Waals surface area contributed by atoms with Gasteiger partial charge in [0.05, 0.1) is 38.2 Å². The summed E-state index contributed by atoms with van der Waals surface area (Å²) in [5, 5.41) is 41.1. The van der Waals surface area contributed by atoms with Crippen molar-refractivity contribution in [2.24, 2.45) is 5.16 Å². The van der Waals surface area contributed by atoms with E-state index in [1.165, 1.54) is 0 Å². The van der Waals surface area contributed by atoms with Crippen LogP contribution < -0.4 is 14.8 Å². The van der Waals surface area contributed by atoms with E-state index in [0.29, 0.717) is 30.5 Å². The van der Waals surface area contributed by atoms with Crippen LogP contribution in [0.25, 0.3) is 10.9 Å². The Kier molecular flexibility index (Phi) is 14.2. The molecular weight excluding hydrogens is 650 g/mol. The molecule has 1 aliphatic heterocycles. The van der Waals surface area contributed by atoms with Crippen LogP contribution in [0.15, 0.2) is 78.2 Å². The minimum atomic E-state index is -2.27. The second kappa shape index (κ2) is 19.0. The average molecular weight is 692 g/mol. The topological polar surface area (TPSA) is 205 Å². The number of rotatable bonds is 15. The SMILES string of the molecule is COc1cc2ncnc(Nc3ccc(/C(C)=N\OCc4ccccc4)cc3)c2cc1OCCCN1CCOCC1.O=C(O)[C@H](O)[C@@H](O)C(=O)O. The number of benzene rings is 3. The highest BCUT2D eigenvalue weighted by atomic mass is 16.6. The molecule has 0 radical (unpaired) electrons. The van der Waals surface area contributed by atoms with Gasteiger partial charge in [-0.1, -0.05) is 47.6 Å². The van der Waals surface area contributed by atoms with E-state index in [1.54, 1.807) is 13.4 Å². The number of fused-ring (bicyclic) bond motifs is 1. The molecule has 1 aromatic heterocycles. The first-order valence-electron chi connectivity index (χ1n) is 15.8. The minimum absolute atomic E-state index is 0.433. The summed E-state index contributed by atoms with van der Waals surface area (Å²) in [6.07, 6.45) is -2.07. The Morgan fingerprint density at radius 2 is 1.64 bits per heavy atom. The number of carbonyl (C=O) groups is 2. The first kappa shape index (κ1) is 37.5. The summed E-state index contributed by atoms with van der Waals surface area (Å²) < 4.78 is 17.2. The fourth-order valence-corrected chi connectivity index (χ4v) is 4.76. The standard InChI is InChI=1S/C31H35N5O4.C4H6O6/c1-23(35-40-21-24-7-4-3-5-8-24)25-9-11-26(12-10-25)34-31-27-19-30(29(37-2)20-28(27)32-22-33-31)39-16-6-13-36-14-17-38-18-15-36;5-1(3(7)8)2(6)4(9)10/h3-5,7-12,19-20,22H,6,13-18,21H2,1-2H3,(H,32,33,34);1-2,5-6H,(H,7,8)(H,9,10)/b35-23-;/t;1-,2-/m.1/s1. The molecule has 1 aliphatic rings. The predicted octanol–water partition coefficient (Wildman–Crippen LogP) is 3.30. The number of oxime groups is 1. The summed E-state index contributed by atoms with van der Waals surface area (Å²) in [6, 6.07) is 21.8. The van der Waals surface area contributed by atoms with Crippen LogP contribution in [0.4, 0.5) is 11.5 Å². The van der Waals surface area contributed by atoms with E-state index < -0.39 is 24.1 Å². The highest BCUT2D eigenvalue weighted by Gasteiger charge is 2.29. The number of nitrogens with zero attached hydrogens (tertiary/aromatic N) is 4. The van der Waals surface area contributed by atoms with Gasteiger partial charge in [0.2, 0.25) is 0 Å². The fraction of sp³-hybridized carbons (Fsp3) is 0.343. The van der Waals surface area contributed by atoms with E-state index in [9.17, 15) is 9.59 Å². The van der Waals surface area contributed by atoms with Crippen molar-refractivity contribution in [3.05, 3.63) is 84.2 Å². The first-order chi connectivity index (χ1) is 24.2. The number of methoxy groups -OCH3 is 1. The zero-order chi connectivity index (χ0) is 35.9. The van der Waals surface area contributed by atoms with Gasteiger partial charge in [0.15, 0.2) is 23.7 Å². The lowest BCUT2D eigenvalue weighted by atomic mass is 10.1. The normalized spacial score (nSPS) is 14.5. The molecule has 0 spiro atoms. The number of aliphatic carboxylic acids is 2. The molecule has 5 rings (SSSR count). The molecule has 0 amide bonds. The molecule has 0 saturated carbocycles. The van der Waals surface area contributed by atoms with Gasteiger partial charge >= 0.3 is 11.9 Å². The fourth-order valence-electron chi connectivity index (χ4n) is 4.76. The number of aromatic nitrogens is 2. The third-order valence-corrected chi connectivity index (χ3v) is 7.55. The van der Waals surface area contributed by atoms with Gasteiger partial charge in [-0.25, -0.2) is 19.6 Å². The number of aliphatic hydroxyl groups excluding tert-OH is 2. The smallest absolute Gasteiger partial charge is 0.335 e. The zero-order valence-electron chi connectivity index (χ0n) is 27.8. The van der Waals surface area contributed by atoms with Crippen LogP contribution in [0.1, 0.15) is 24.5 Å². The monoisotopic (exact) mass is 691 g/mol. The number of hydrogen-bond donors (Lipinski definition) is 5. The molecule has 5 N–H and O–H groups in total. The Labute approximate surface area is 288 Å². The number of morpholine rings is 1. The van der Waals surface area contributed by atoms with Crippen LogP contribution in [-0.2, 0) is 25.8 Å². The van der Waals surface area contributed by atoms with E-state index in [4.69, 9.17) is 39.5 Å². The second-order valence-electron chi connectivity index (χ2n) is 11.1. The van der Waals surface area contributed by atoms with Crippen molar-refractivity contribution in [1.82, 2.24) is 14.9 Å². The number of ether oxygens (including phenoxy) is 3. The molecule has 4 aromatic rings. The lowest BCUT2D eigenvalue weighted by molar-refractivity contribution is -0.165. The van der Waals surface area contributed by atoms with Gasteiger partial charge in [-0.05, 0) is 42.7 Å². The minimum Gasteiger partial charge on any atom is -0.493 e. The molecule has 1 fully saturated rings. The van der Waals surface area contributed by atoms with Gasteiger partial charge in [0, 0.05) is 36.8 Å². The van der Waals surface area contributed by atoms with Crippen LogP contribution in [0.3, 0.4) is 0 Å². The molecular formula is C35H41N5O10. The molecule has 266 valence electrons. The summed E-state index contributed by atoms with van der Waals surface area (Å²) in [5.41, 5.74) is 4.52. The molecule has 2 heterocycles. The molecule has 50 heavy (non-hydrogen) atoms. The molecule has 0 aliphatic carbocycles. The summed E-state index contributed by atoms with van der Waals surface area (Å²) in [5.74, 6) is -1.52. The average Bonchev–Trinajstić information content (AvgIpc) is 3.14. The highest BCUT2D eigenvalue weighted by Crippen LogP contribution is 2.35. The van der Waals surface area contributed by atoms with Gasteiger partial charge in [-0.2, -0.15) is 0 Å². The van der Waals surface area contributed by atoms with E-state index in [-0.39, 0.29) is 0 Å². The van der Waals surface area contributed by atoms with Gasteiger partial charge in [0.25, 0.3) is 0 Å². The summed E-state index contributed by atoms with van der Waals surface area (Å²) in [6.45, 7) is 7.48. The lowest BCUT2D eigenvalue weighted by Crippen LogP contribution is -2.39. The predicted molar refractivity (Wildman–Crippen MR) is 184 cm³/mol. The van der Waals surface area contributed by atoms with Crippen molar-refractivity contribution in [2.45, 2.75) is 32.2 Å². The maximum atomic E-state index is 9.77. The Balaban J connectivity index is 0.000000490. The van der Waals surface area contributed by atoms with Gasteiger partial charge in [-0.3, -0.25) is 4.90 Å². The number of carboxylic acids is 2. The molecule has 0 bridgehead atoms. The molecule has 2 atom stereocenters. The van der Waals surface area contributed by atoms with Crippen molar-refractivity contribution in [3.8, 4) is 11.5 Å². The van der Waals surface area contributed by atoms with Crippen molar-refractivity contribution in [1.29, 1.82) is 0 Å².